The SMILES string of the molecule is CCC(Nc1ccccc1C#N)c1ccc(F)cc1. The van der Waals surface area contributed by atoms with Crippen LogP contribution in [0.25, 0.3) is 0 Å². The van der Waals surface area contributed by atoms with Crippen molar-refractivity contribution in [3.8, 4) is 6.07 Å². The quantitative estimate of drug-likeness (QED) is 0.884. The summed E-state index contributed by atoms with van der Waals surface area (Å²) in [6, 6.07) is 16.1. The van der Waals surface area contributed by atoms with E-state index in [0.29, 0.717) is 5.56 Å². The van der Waals surface area contributed by atoms with Gasteiger partial charge in [0.05, 0.1) is 17.3 Å². The minimum Gasteiger partial charge on any atom is -0.377 e. The van der Waals surface area contributed by atoms with E-state index in [0.717, 1.165) is 17.7 Å². The van der Waals surface area contributed by atoms with E-state index in [1.54, 1.807) is 18.2 Å². The topological polar surface area (TPSA) is 35.8 Å². The van der Waals surface area contributed by atoms with E-state index in [2.05, 4.69) is 18.3 Å². The lowest BCUT2D eigenvalue weighted by molar-refractivity contribution is 0.625. The highest BCUT2D eigenvalue weighted by Gasteiger charge is 2.11. The van der Waals surface area contributed by atoms with Crippen LogP contribution in [-0.4, -0.2) is 0 Å². The van der Waals surface area contributed by atoms with Gasteiger partial charge in [0.2, 0.25) is 0 Å². The largest absolute Gasteiger partial charge is 0.377 e. The highest BCUT2D eigenvalue weighted by molar-refractivity contribution is 5.58. The number of nitrogens with zero attached hydrogens (tertiary/aromatic N) is 1. The second kappa shape index (κ2) is 6.01. The number of anilines is 1. The zero-order valence-electron chi connectivity index (χ0n) is 10.7. The van der Waals surface area contributed by atoms with Crippen molar-refractivity contribution in [1.82, 2.24) is 0 Å². The molecular weight excluding hydrogens is 239 g/mol. The predicted molar refractivity (Wildman–Crippen MR) is 74.2 cm³/mol. The molecule has 0 spiro atoms. The molecule has 0 aromatic heterocycles. The van der Waals surface area contributed by atoms with E-state index in [9.17, 15) is 4.39 Å². The maximum atomic E-state index is 12.9. The summed E-state index contributed by atoms with van der Waals surface area (Å²) >= 11 is 0. The van der Waals surface area contributed by atoms with E-state index >= 15 is 0 Å². The summed E-state index contributed by atoms with van der Waals surface area (Å²) in [6.07, 6.45) is 0.853. The smallest absolute Gasteiger partial charge is 0.123 e. The minimum atomic E-state index is -0.240. The predicted octanol–water partition coefficient (Wildman–Crippen LogP) is 4.26. The van der Waals surface area contributed by atoms with Crippen LogP contribution in [0.1, 0.15) is 30.5 Å². The number of nitriles is 1. The summed E-state index contributed by atoms with van der Waals surface area (Å²) < 4.78 is 12.9. The van der Waals surface area contributed by atoms with Crippen LogP contribution in [0.15, 0.2) is 48.5 Å². The van der Waals surface area contributed by atoms with Gasteiger partial charge in [-0.05, 0) is 36.2 Å². The zero-order chi connectivity index (χ0) is 13.7. The molecule has 2 aromatic carbocycles. The van der Waals surface area contributed by atoms with Crippen LogP contribution in [0.2, 0.25) is 0 Å². The molecule has 0 heterocycles. The van der Waals surface area contributed by atoms with Crippen LogP contribution in [0.5, 0.6) is 0 Å². The van der Waals surface area contributed by atoms with Crippen molar-refractivity contribution in [2.75, 3.05) is 5.32 Å². The van der Waals surface area contributed by atoms with E-state index in [1.807, 2.05) is 18.2 Å². The summed E-state index contributed by atoms with van der Waals surface area (Å²) in [4.78, 5) is 0. The first-order valence-electron chi connectivity index (χ1n) is 6.25. The lowest BCUT2D eigenvalue weighted by atomic mass is 10.0. The third kappa shape index (κ3) is 3.11. The molecule has 0 aliphatic heterocycles. The molecule has 0 bridgehead atoms. The lowest BCUT2D eigenvalue weighted by Gasteiger charge is -2.19. The van der Waals surface area contributed by atoms with E-state index in [-0.39, 0.29) is 11.9 Å². The molecule has 0 aliphatic carbocycles. The Morgan fingerprint density at radius 1 is 1.16 bits per heavy atom. The van der Waals surface area contributed by atoms with E-state index in [1.165, 1.54) is 12.1 Å². The van der Waals surface area contributed by atoms with Crippen LogP contribution in [0, 0.1) is 17.1 Å². The average molecular weight is 254 g/mol. The van der Waals surface area contributed by atoms with Crippen molar-refractivity contribution < 1.29 is 4.39 Å². The van der Waals surface area contributed by atoms with Gasteiger partial charge in [0.15, 0.2) is 0 Å². The van der Waals surface area contributed by atoms with Gasteiger partial charge in [-0.25, -0.2) is 4.39 Å². The number of hydrogen-bond donors (Lipinski definition) is 1. The molecule has 0 amide bonds. The first-order chi connectivity index (χ1) is 9.24. The summed E-state index contributed by atoms with van der Waals surface area (Å²) in [5, 5.41) is 12.4. The Hall–Kier alpha value is -2.34. The fourth-order valence-corrected chi connectivity index (χ4v) is 2.01. The Kier molecular flexibility index (Phi) is 4.15. The van der Waals surface area contributed by atoms with E-state index < -0.39 is 0 Å². The van der Waals surface area contributed by atoms with Crippen molar-refractivity contribution in [3.05, 3.63) is 65.5 Å². The summed E-state index contributed by atoms with van der Waals surface area (Å²) in [7, 11) is 0. The molecule has 0 fully saturated rings. The molecule has 2 rings (SSSR count). The standard InChI is InChI=1S/C16H15FN2/c1-2-15(12-7-9-14(17)10-8-12)19-16-6-4-3-5-13(16)11-18/h3-10,15,19H,2H2,1H3. The maximum Gasteiger partial charge on any atom is 0.123 e. The Morgan fingerprint density at radius 2 is 1.84 bits per heavy atom. The number of para-hydroxylation sites is 1. The molecule has 1 N–H and O–H groups in total. The van der Waals surface area contributed by atoms with E-state index in [4.69, 9.17) is 5.26 Å². The van der Waals surface area contributed by atoms with Gasteiger partial charge in [0.25, 0.3) is 0 Å². The number of hydrogen-bond acceptors (Lipinski definition) is 2. The molecule has 2 aromatic rings. The maximum absolute atomic E-state index is 12.9. The monoisotopic (exact) mass is 254 g/mol. The van der Waals surface area contributed by atoms with Crippen LogP contribution < -0.4 is 5.32 Å². The number of rotatable bonds is 4. The van der Waals surface area contributed by atoms with Gasteiger partial charge in [0, 0.05) is 0 Å². The average Bonchev–Trinajstić information content (AvgIpc) is 2.46. The second-order valence-corrected chi connectivity index (χ2v) is 4.31. The van der Waals surface area contributed by atoms with Crippen molar-refractivity contribution >= 4 is 5.69 Å². The van der Waals surface area contributed by atoms with Crippen LogP contribution in [0.3, 0.4) is 0 Å². The van der Waals surface area contributed by atoms with Crippen molar-refractivity contribution in [2.45, 2.75) is 19.4 Å². The van der Waals surface area contributed by atoms with Gasteiger partial charge in [-0.3, -0.25) is 0 Å². The normalized spacial score (nSPS) is 11.6. The Balaban J connectivity index is 2.24. The van der Waals surface area contributed by atoms with Gasteiger partial charge in [-0.15, -0.1) is 0 Å². The molecule has 0 saturated carbocycles. The molecule has 1 unspecified atom stereocenters. The minimum absolute atomic E-state index is 0.0649. The first kappa shape index (κ1) is 13.1. The molecule has 0 saturated heterocycles. The fraction of sp³-hybridized carbons (Fsp3) is 0.188. The molecule has 3 heteroatoms. The van der Waals surface area contributed by atoms with Crippen molar-refractivity contribution in [3.63, 3.8) is 0 Å². The number of nitrogens with one attached hydrogen (secondary N) is 1. The Labute approximate surface area is 112 Å². The number of benzene rings is 2. The van der Waals surface area contributed by atoms with Crippen molar-refractivity contribution in [2.24, 2.45) is 0 Å². The molecular formula is C16H15FN2. The van der Waals surface area contributed by atoms with Crippen LogP contribution in [0.4, 0.5) is 10.1 Å². The Bertz CT molecular complexity index is 584. The van der Waals surface area contributed by atoms with Crippen molar-refractivity contribution in [1.29, 1.82) is 5.26 Å². The van der Waals surface area contributed by atoms with Crippen LogP contribution in [-0.2, 0) is 0 Å². The molecule has 0 aliphatic rings. The summed E-state index contributed by atoms with van der Waals surface area (Å²) in [6.45, 7) is 2.05. The summed E-state index contributed by atoms with van der Waals surface area (Å²) in [5.41, 5.74) is 2.43. The molecule has 1 atom stereocenters. The molecule has 0 radical (unpaired) electrons. The Morgan fingerprint density at radius 3 is 2.47 bits per heavy atom. The lowest BCUT2D eigenvalue weighted by Crippen LogP contribution is -2.10. The third-order valence-corrected chi connectivity index (χ3v) is 3.06. The number of halogens is 1. The van der Waals surface area contributed by atoms with Gasteiger partial charge < -0.3 is 5.32 Å². The second-order valence-electron chi connectivity index (χ2n) is 4.31. The molecule has 2 nitrogen and oxygen atoms in total. The third-order valence-electron chi connectivity index (χ3n) is 3.06. The van der Waals surface area contributed by atoms with Gasteiger partial charge in [-0.1, -0.05) is 31.2 Å². The van der Waals surface area contributed by atoms with Gasteiger partial charge in [0.1, 0.15) is 11.9 Å². The highest BCUT2D eigenvalue weighted by atomic mass is 19.1. The summed E-state index contributed by atoms with van der Waals surface area (Å²) in [5.74, 6) is -0.240. The van der Waals surface area contributed by atoms with Gasteiger partial charge >= 0.3 is 0 Å². The zero-order valence-corrected chi connectivity index (χ0v) is 10.7. The molecule has 96 valence electrons. The van der Waals surface area contributed by atoms with Crippen LogP contribution >= 0.6 is 0 Å². The van der Waals surface area contributed by atoms with Gasteiger partial charge in [-0.2, -0.15) is 5.26 Å². The highest BCUT2D eigenvalue weighted by Crippen LogP contribution is 2.24. The first-order valence-corrected chi connectivity index (χ1v) is 6.25. The molecule has 19 heavy (non-hydrogen) atoms. The fourth-order valence-electron chi connectivity index (χ4n) is 2.01.